The average molecular weight is 344 g/mol. The van der Waals surface area contributed by atoms with Gasteiger partial charge in [0.15, 0.2) is 11.4 Å². The predicted molar refractivity (Wildman–Crippen MR) is 94.9 cm³/mol. The summed E-state index contributed by atoms with van der Waals surface area (Å²) in [6.07, 6.45) is 2.18. The molecule has 0 unspecified atom stereocenters. The Morgan fingerprint density at radius 2 is 1.92 bits per heavy atom. The fourth-order valence-electron chi connectivity index (χ4n) is 2.48. The van der Waals surface area contributed by atoms with Crippen LogP contribution in [0.4, 0.5) is 0 Å². The van der Waals surface area contributed by atoms with Crippen LogP contribution in [-0.4, -0.2) is 41.8 Å². The Hall–Kier alpha value is -2.83. The van der Waals surface area contributed by atoms with Gasteiger partial charge in [0.1, 0.15) is 6.04 Å². The van der Waals surface area contributed by atoms with Gasteiger partial charge in [-0.05, 0) is 24.5 Å². The molecule has 0 radical (unpaired) electrons. The molecule has 25 heavy (non-hydrogen) atoms. The van der Waals surface area contributed by atoms with E-state index in [4.69, 9.17) is 4.74 Å². The SMILES string of the molecule is CNC(=O)[C@H](CC(C)C)NC(=O)c1nn(-c2ccccc2)cc1OC. The molecule has 7 nitrogen and oxygen atoms in total. The van der Waals surface area contributed by atoms with Crippen LogP contribution in [0.3, 0.4) is 0 Å². The first kappa shape index (κ1) is 18.5. The first-order valence-electron chi connectivity index (χ1n) is 8.17. The van der Waals surface area contributed by atoms with Crippen molar-refractivity contribution in [1.82, 2.24) is 20.4 Å². The number of nitrogens with zero attached hydrogens (tertiary/aromatic N) is 2. The molecule has 1 aromatic carbocycles. The lowest BCUT2D eigenvalue weighted by atomic mass is 10.0. The topological polar surface area (TPSA) is 85.3 Å². The molecule has 0 aliphatic rings. The largest absolute Gasteiger partial charge is 0.493 e. The van der Waals surface area contributed by atoms with Crippen LogP contribution in [0.15, 0.2) is 36.5 Å². The standard InChI is InChI=1S/C18H24N4O3/c1-12(2)10-14(17(23)19-3)20-18(24)16-15(25-4)11-22(21-16)13-8-6-5-7-9-13/h5-9,11-12,14H,10H2,1-4H3,(H,19,23)(H,20,24)/t14-/m0/s1. The molecule has 0 aliphatic heterocycles. The van der Waals surface area contributed by atoms with Gasteiger partial charge in [0.2, 0.25) is 5.91 Å². The summed E-state index contributed by atoms with van der Waals surface area (Å²) in [5.41, 5.74) is 0.953. The van der Waals surface area contributed by atoms with Gasteiger partial charge in [0.25, 0.3) is 5.91 Å². The number of likely N-dealkylation sites (N-methyl/N-ethyl adjacent to an activating group) is 1. The monoisotopic (exact) mass is 344 g/mol. The Morgan fingerprint density at radius 3 is 2.48 bits per heavy atom. The number of hydrogen-bond donors (Lipinski definition) is 2. The van der Waals surface area contributed by atoms with Gasteiger partial charge in [0.05, 0.1) is 19.0 Å². The normalized spacial score (nSPS) is 11.9. The van der Waals surface area contributed by atoms with Crippen molar-refractivity contribution in [2.75, 3.05) is 14.2 Å². The smallest absolute Gasteiger partial charge is 0.276 e. The Balaban J connectivity index is 2.25. The Bertz CT molecular complexity index is 725. The lowest BCUT2D eigenvalue weighted by Gasteiger charge is -2.18. The zero-order valence-corrected chi connectivity index (χ0v) is 14.9. The van der Waals surface area contributed by atoms with E-state index in [-0.39, 0.29) is 17.5 Å². The van der Waals surface area contributed by atoms with Gasteiger partial charge in [-0.1, -0.05) is 32.0 Å². The number of para-hydroxylation sites is 1. The van der Waals surface area contributed by atoms with Gasteiger partial charge in [0, 0.05) is 7.05 Å². The number of hydrogen-bond acceptors (Lipinski definition) is 4. The van der Waals surface area contributed by atoms with Gasteiger partial charge in [-0.2, -0.15) is 5.10 Å². The predicted octanol–water partition coefficient (Wildman–Crippen LogP) is 1.77. The highest BCUT2D eigenvalue weighted by molar-refractivity contribution is 5.98. The summed E-state index contributed by atoms with van der Waals surface area (Å²) in [7, 11) is 3.03. The third-order valence-corrected chi connectivity index (χ3v) is 3.71. The molecule has 0 spiro atoms. The number of carbonyl (C=O) groups excluding carboxylic acids is 2. The molecule has 134 valence electrons. The minimum absolute atomic E-state index is 0.143. The van der Waals surface area contributed by atoms with Crippen LogP contribution in [0.5, 0.6) is 5.75 Å². The maximum absolute atomic E-state index is 12.6. The summed E-state index contributed by atoms with van der Waals surface area (Å²) in [6.45, 7) is 3.99. The van der Waals surface area contributed by atoms with Crippen LogP contribution in [0.1, 0.15) is 30.8 Å². The Kier molecular flexibility index (Phi) is 6.16. The zero-order chi connectivity index (χ0) is 18.4. The molecule has 1 atom stereocenters. The van der Waals surface area contributed by atoms with E-state index in [1.807, 2.05) is 44.2 Å². The Labute approximate surface area is 147 Å². The molecule has 1 aromatic heterocycles. The van der Waals surface area contributed by atoms with Gasteiger partial charge < -0.3 is 15.4 Å². The van der Waals surface area contributed by atoms with Crippen molar-refractivity contribution >= 4 is 11.8 Å². The second-order valence-electron chi connectivity index (χ2n) is 6.10. The van der Waals surface area contributed by atoms with Crippen LogP contribution in [0, 0.1) is 5.92 Å². The van der Waals surface area contributed by atoms with E-state index in [0.29, 0.717) is 12.2 Å². The van der Waals surface area contributed by atoms with E-state index in [2.05, 4.69) is 15.7 Å². The third-order valence-electron chi connectivity index (χ3n) is 3.71. The zero-order valence-electron chi connectivity index (χ0n) is 14.9. The molecule has 0 bridgehead atoms. The highest BCUT2D eigenvalue weighted by Gasteiger charge is 2.25. The minimum atomic E-state index is -0.621. The first-order chi connectivity index (χ1) is 12.0. The van der Waals surface area contributed by atoms with Crippen LogP contribution in [-0.2, 0) is 4.79 Å². The van der Waals surface area contributed by atoms with Crippen molar-refractivity contribution < 1.29 is 14.3 Å². The summed E-state index contributed by atoms with van der Waals surface area (Å²) >= 11 is 0. The summed E-state index contributed by atoms with van der Waals surface area (Å²) in [5.74, 6) is -0.0720. The molecule has 7 heteroatoms. The Morgan fingerprint density at radius 1 is 1.24 bits per heavy atom. The van der Waals surface area contributed by atoms with Crippen LogP contribution >= 0.6 is 0 Å². The number of benzene rings is 1. The van der Waals surface area contributed by atoms with E-state index in [1.54, 1.807) is 17.9 Å². The molecule has 0 aliphatic carbocycles. The summed E-state index contributed by atoms with van der Waals surface area (Å²) in [5, 5.41) is 9.64. The highest BCUT2D eigenvalue weighted by atomic mass is 16.5. The number of rotatable bonds is 7. The fraction of sp³-hybridized carbons (Fsp3) is 0.389. The number of carbonyl (C=O) groups is 2. The van der Waals surface area contributed by atoms with Crippen LogP contribution < -0.4 is 15.4 Å². The van der Waals surface area contributed by atoms with E-state index < -0.39 is 11.9 Å². The van der Waals surface area contributed by atoms with Gasteiger partial charge in [-0.25, -0.2) is 4.68 Å². The van der Waals surface area contributed by atoms with Crippen LogP contribution in [0.25, 0.3) is 5.69 Å². The van der Waals surface area contributed by atoms with Crippen molar-refractivity contribution in [2.24, 2.45) is 5.92 Å². The van der Waals surface area contributed by atoms with Crippen molar-refractivity contribution in [3.63, 3.8) is 0 Å². The van der Waals surface area contributed by atoms with E-state index >= 15 is 0 Å². The van der Waals surface area contributed by atoms with E-state index in [0.717, 1.165) is 5.69 Å². The lowest BCUT2D eigenvalue weighted by molar-refractivity contribution is -0.122. The molecule has 0 saturated carbocycles. The van der Waals surface area contributed by atoms with Crippen molar-refractivity contribution in [1.29, 1.82) is 0 Å². The molecule has 2 N–H and O–H groups in total. The van der Waals surface area contributed by atoms with E-state index in [9.17, 15) is 9.59 Å². The van der Waals surface area contributed by atoms with Crippen molar-refractivity contribution in [3.8, 4) is 11.4 Å². The maximum atomic E-state index is 12.6. The minimum Gasteiger partial charge on any atom is -0.493 e. The van der Waals surface area contributed by atoms with Crippen molar-refractivity contribution in [3.05, 3.63) is 42.2 Å². The molecule has 1 heterocycles. The highest BCUT2D eigenvalue weighted by Crippen LogP contribution is 2.20. The second kappa shape index (κ2) is 8.32. The number of aromatic nitrogens is 2. The summed E-state index contributed by atoms with van der Waals surface area (Å²) < 4.78 is 6.85. The van der Waals surface area contributed by atoms with Gasteiger partial charge >= 0.3 is 0 Å². The second-order valence-corrected chi connectivity index (χ2v) is 6.10. The molecular weight excluding hydrogens is 320 g/mol. The average Bonchev–Trinajstić information content (AvgIpc) is 3.05. The number of nitrogens with one attached hydrogen (secondary N) is 2. The summed E-state index contributed by atoms with van der Waals surface area (Å²) in [4.78, 5) is 24.6. The van der Waals surface area contributed by atoms with Gasteiger partial charge in [-0.15, -0.1) is 0 Å². The molecule has 0 saturated heterocycles. The van der Waals surface area contributed by atoms with Crippen LogP contribution in [0.2, 0.25) is 0 Å². The van der Waals surface area contributed by atoms with Crippen molar-refractivity contribution in [2.45, 2.75) is 26.3 Å². The van der Waals surface area contributed by atoms with E-state index in [1.165, 1.54) is 7.11 Å². The number of methoxy groups -OCH3 is 1. The molecule has 2 rings (SSSR count). The number of amides is 2. The fourth-order valence-corrected chi connectivity index (χ4v) is 2.48. The molecule has 2 aromatic rings. The molecule has 2 amide bonds. The third kappa shape index (κ3) is 4.59. The molecule has 0 fully saturated rings. The first-order valence-corrected chi connectivity index (χ1v) is 8.17. The quantitative estimate of drug-likeness (QED) is 0.802. The molecular formula is C18H24N4O3. The number of ether oxygens (including phenoxy) is 1. The maximum Gasteiger partial charge on any atom is 0.276 e. The summed E-state index contributed by atoms with van der Waals surface area (Å²) in [6, 6.07) is 8.79. The van der Waals surface area contributed by atoms with Gasteiger partial charge in [-0.3, -0.25) is 9.59 Å². The lowest BCUT2D eigenvalue weighted by Crippen LogP contribution is -2.46.